The SMILES string of the molecule is Cc1ccc(C(CNC(=O)NCC(=O)Nc2ccc(Cl)cc2)N2CCOCC2)o1. The van der Waals surface area contributed by atoms with Crippen LogP contribution in [0.1, 0.15) is 17.6 Å². The minimum atomic E-state index is -0.419. The first-order chi connectivity index (χ1) is 14.0. The molecule has 1 aliphatic heterocycles. The van der Waals surface area contributed by atoms with Gasteiger partial charge in [-0.25, -0.2) is 4.79 Å². The molecule has 0 saturated carbocycles. The molecule has 1 atom stereocenters. The van der Waals surface area contributed by atoms with E-state index in [0.717, 1.165) is 24.6 Å². The summed E-state index contributed by atoms with van der Waals surface area (Å²) in [5.74, 6) is 1.29. The fourth-order valence-electron chi connectivity index (χ4n) is 3.08. The summed E-state index contributed by atoms with van der Waals surface area (Å²) in [4.78, 5) is 26.4. The third kappa shape index (κ3) is 6.49. The van der Waals surface area contributed by atoms with E-state index in [0.29, 0.717) is 30.5 Å². The maximum absolute atomic E-state index is 12.2. The van der Waals surface area contributed by atoms with Crippen LogP contribution in [0, 0.1) is 6.92 Å². The van der Waals surface area contributed by atoms with E-state index in [9.17, 15) is 9.59 Å². The maximum atomic E-state index is 12.2. The van der Waals surface area contributed by atoms with Crippen LogP contribution in [-0.2, 0) is 9.53 Å². The molecule has 8 nitrogen and oxygen atoms in total. The van der Waals surface area contributed by atoms with Crippen LogP contribution in [0.25, 0.3) is 0 Å². The summed E-state index contributed by atoms with van der Waals surface area (Å²) in [7, 11) is 0. The highest BCUT2D eigenvalue weighted by Crippen LogP contribution is 2.23. The smallest absolute Gasteiger partial charge is 0.315 e. The highest BCUT2D eigenvalue weighted by molar-refractivity contribution is 6.30. The standard InChI is InChI=1S/C20H25ClN4O4/c1-14-2-7-18(29-14)17(25-8-10-28-11-9-25)12-22-20(27)23-13-19(26)24-16-5-3-15(21)4-6-16/h2-7,17H,8-13H2,1H3,(H,24,26)(H2,22,23,27). The highest BCUT2D eigenvalue weighted by Gasteiger charge is 2.25. The molecule has 1 aromatic heterocycles. The second-order valence-corrected chi connectivity index (χ2v) is 7.17. The van der Waals surface area contributed by atoms with E-state index >= 15 is 0 Å². The lowest BCUT2D eigenvalue weighted by Crippen LogP contribution is -2.46. The van der Waals surface area contributed by atoms with E-state index in [1.807, 2.05) is 19.1 Å². The molecule has 0 radical (unpaired) electrons. The van der Waals surface area contributed by atoms with Crippen molar-refractivity contribution in [2.45, 2.75) is 13.0 Å². The van der Waals surface area contributed by atoms with Gasteiger partial charge in [-0.1, -0.05) is 11.6 Å². The number of morpholine rings is 1. The van der Waals surface area contributed by atoms with Crippen LogP contribution < -0.4 is 16.0 Å². The summed E-state index contributed by atoms with van der Waals surface area (Å²) in [6.07, 6.45) is 0. The Labute approximate surface area is 174 Å². The number of aryl methyl sites for hydroxylation is 1. The zero-order chi connectivity index (χ0) is 20.6. The topological polar surface area (TPSA) is 95.8 Å². The number of amides is 3. The third-order valence-corrected chi connectivity index (χ3v) is 4.82. The molecule has 2 heterocycles. The van der Waals surface area contributed by atoms with Gasteiger partial charge in [0.1, 0.15) is 11.5 Å². The zero-order valence-electron chi connectivity index (χ0n) is 16.2. The molecule has 156 valence electrons. The third-order valence-electron chi connectivity index (χ3n) is 4.57. The molecule has 0 spiro atoms. The van der Waals surface area contributed by atoms with Crippen molar-refractivity contribution in [3.8, 4) is 0 Å². The number of hydrogen-bond donors (Lipinski definition) is 3. The van der Waals surface area contributed by atoms with Crippen molar-refractivity contribution in [3.63, 3.8) is 0 Å². The normalized spacial score (nSPS) is 15.5. The lowest BCUT2D eigenvalue weighted by atomic mass is 10.1. The number of ether oxygens (including phenoxy) is 1. The number of urea groups is 1. The summed E-state index contributed by atoms with van der Waals surface area (Å²) in [6.45, 7) is 4.92. The van der Waals surface area contributed by atoms with Gasteiger partial charge < -0.3 is 25.1 Å². The number of nitrogens with one attached hydrogen (secondary N) is 3. The van der Waals surface area contributed by atoms with Gasteiger partial charge in [0.2, 0.25) is 5.91 Å². The number of furan rings is 1. The zero-order valence-corrected chi connectivity index (χ0v) is 17.0. The van der Waals surface area contributed by atoms with Crippen LogP contribution in [0.3, 0.4) is 0 Å². The van der Waals surface area contributed by atoms with Crippen molar-refractivity contribution in [2.75, 3.05) is 44.7 Å². The van der Waals surface area contributed by atoms with Gasteiger partial charge in [0.25, 0.3) is 0 Å². The molecule has 3 rings (SSSR count). The molecule has 1 fully saturated rings. The molecule has 1 unspecified atom stereocenters. The molecule has 1 saturated heterocycles. The van der Waals surface area contributed by atoms with Crippen molar-refractivity contribution in [1.82, 2.24) is 15.5 Å². The predicted octanol–water partition coefficient (Wildman–Crippen LogP) is 2.55. The summed E-state index contributed by atoms with van der Waals surface area (Å²) >= 11 is 5.82. The Morgan fingerprint density at radius 3 is 2.48 bits per heavy atom. The molecule has 3 N–H and O–H groups in total. The quantitative estimate of drug-likeness (QED) is 0.639. The number of carbonyl (C=O) groups excluding carboxylic acids is 2. The van der Waals surface area contributed by atoms with Gasteiger partial charge in [0.05, 0.1) is 25.8 Å². The number of nitrogens with zero attached hydrogens (tertiary/aromatic N) is 1. The van der Waals surface area contributed by atoms with E-state index in [4.69, 9.17) is 20.8 Å². The number of hydrogen-bond acceptors (Lipinski definition) is 5. The fourth-order valence-corrected chi connectivity index (χ4v) is 3.21. The van der Waals surface area contributed by atoms with E-state index in [1.165, 1.54) is 0 Å². The van der Waals surface area contributed by atoms with Crippen LogP contribution in [-0.4, -0.2) is 56.2 Å². The van der Waals surface area contributed by atoms with Crippen molar-refractivity contribution >= 4 is 29.2 Å². The summed E-state index contributed by atoms with van der Waals surface area (Å²) in [6, 6.07) is 10.1. The average Bonchev–Trinajstić information content (AvgIpc) is 3.15. The van der Waals surface area contributed by atoms with Crippen LogP contribution in [0.4, 0.5) is 10.5 Å². The van der Waals surface area contributed by atoms with Gasteiger partial charge in [-0.05, 0) is 43.3 Å². The van der Waals surface area contributed by atoms with E-state index in [2.05, 4.69) is 20.9 Å². The van der Waals surface area contributed by atoms with Crippen LogP contribution in [0.15, 0.2) is 40.8 Å². The van der Waals surface area contributed by atoms with Gasteiger partial charge >= 0.3 is 6.03 Å². The lowest BCUT2D eigenvalue weighted by Gasteiger charge is -2.33. The van der Waals surface area contributed by atoms with Crippen LogP contribution in [0.5, 0.6) is 0 Å². The van der Waals surface area contributed by atoms with Crippen molar-refractivity contribution in [2.24, 2.45) is 0 Å². The molecule has 29 heavy (non-hydrogen) atoms. The molecule has 3 amide bonds. The second-order valence-electron chi connectivity index (χ2n) is 6.73. The fraction of sp³-hybridized carbons (Fsp3) is 0.400. The molecule has 1 aromatic carbocycles. The number of anilines is 1. The van der Waals surface area contributed by atoms with Gasteiger partial charge in [0, 0.05) is 30.3 Å². The van der Waals surface area contributed by atoms with Gasteiger partial charge in [-0.15, -0.1) is 0 Å². The molecule has 0 aliphatic carbocycles. The molecule has 1 aliphatic rings. The summed E-state index contributed by atoms with van der Waals surface area (Å²) in [5, 5.41) is 8.67. The van der Waals surface area contributed by atoms with Crippen molar-refractivity contribution in [1.29, 1.82) is 0 Å². The number of benzene rings is 1. The Bertz CT molecular complexity index is 818. The molecule has 9 heteroatoms. The van der Waals surface area contributed by atoms with Gasteiger partial charge in [-0.2, -0.15) is 0 Å². The molecular formula is C20H25ClN4O4. The van der Waals surface area contributed by atoms with Crippen LogP contribution in [0.2, 0.25) is 5.02 Å². The Kier molecular flexibility index (Phi) is 7.51. The Hall–Kier alpha value is -2.55. The Balaban J connectivity index is 1.47. The largest absolute Gasteiger partial charge is 0.465 e. The Morgan fingerprint density at radius 1 is 1.10 bits per heavy atom. The average molecular weight is 421 g/mol. The van der Waals surface area contributed by atoms with E-state index in [1.54, 1.807) is 24.3 Å². The van der Waals surface area contributed by atoms with Gasteiger partial charge in [0.15, 0.2) is 0 Å². The predicted molar refractivity (Wildman–Crippen MR) is 110 cm³/mol. The van der Waals surface area contributed by atoms with Crippen molar-refractivity contribution < 1.29 is 18.7 Å². The number of rotatable bonds is 7. The van der Waals surface area contributed by atoms with E-state index < -0.39 is 6.03 Å². The minimum absolute atomic E-state index is 0.0961. The lowest BCUT2D eigenvalue weighted by molar-refractivity contribution is -0.115. The second kappa shape index (κ2) is 10.3. The minimum Gasteiger partial charge on any atom is -0.465 e. The monoisotopic (exact) mass is 420 g/mol. The first-order valence-electron chi connectivity index (χ1n) is 9.46. The van der Waals surface area contributed by atoms with Gasteiger partial charge in [-0.3, -0.25) is 9.69 Å². The first kappa shape index (κ1) is 21.2. The molecule has 2 aromatic rings. The molecular weight excluding hydrogens is 396 g/mol. The highest BCUT2D eigenvalue weighted by atomic mass is 35.5. The summed E-state index contributed by atoms with van der Waals surface area (Å²) < 4.78 is 11.2. The van der Waals surface area contributed by atoms with Crippen molar-refractivity contribution in [3.05, 3.63) is 52.9 Å². The molecule has 0 bridgehead atoms. The van der Waals surface area contributed by atoms with E-state index in [-0.39, 0.29) is 18.5 Å². The Morgan fingerprint density at radius 2 is 1.83 bits per heavy atom. The maximum Gasteiger partial charge on any atom is 0.315 e. The first-order valence-corrected chi connectivity index (χ1v) is 9.84. The number of carbonyl (C=O) groups is 2. The number of halogens is 1. The van der Waals surface area contributed by atoms with Crippen LogP contribution >= 0.6 is 11.6 Å². The summed E-state index contributed by atoms with van der Waals surface area (Å²) in [5.41, 5.74) is 0.613.